The molecule has 1 unspecified atom stereocenters. The lowest BCUT2D eigenvalue weighted by atomic mass is 9.86. The Balaban J connectivity index is 0.742. The van der Waals surface area contributed by atoms with E-state index < -0.39 is 30.2 Å². The van der Waals surface area contributed by atoms with Crippen molar-refractivity contribution in [2.24, 2.45) is 5.92 Å². The van der Waals surface area contributed by atoms with Crippen LogP contribution in [0, 0.1) is 5.92 Å². The summed E-state index contributed by atoms with van der Waals surface area (Å²) in [6.45, 7) is 3.90. The lowest BCUT2D eigenvalue weighted by Gasteiger charge is -2.43. The number of carbonyl (C=O) groups is 3. The number of ether oxygens (including phenoxy) is 3. The zero-order chi connectivity index (χ0) is 45.1. The van der Waals surface area contributed by atoms with Crippen molar-refractivity contribution in [3.8, 4) is 11.5 Å². The van der Waals surface area contributed by atoms with Gasteiger partial charge < -0.3 is 50.7 Å². The van der Waals surface area contributed by atoms with E-state index in [4.69, 9.17) is 14.2 Å². The summed E-state index contributed by atoms with van der Waals surface area (Å²) in [5.74, 6) is 0.433. The number of aliphatic hydroxyl groups excluding tert-OH is 1. The predicted molar refractivity (Wildman–Crippen MR) is 245 cm³/mol. The standard InChI is InChI=1S/C50H52N6O9/c57-42-19-17-40(41-18-20-45(59)54-47(41)42)43(58)29-51-28-32-11-15-38(16-12-32)53-49(61)52-23-26-63-48(60)36-13-9-33(10-14-36)31-64-39-8-4-7-37(27-39)46(35-5-2-1-3-6-35)55-50(62)65-44-30-56-24-21-34(44)22-25-56/h1-20,27,34,43-44,46,51,57-58H,21-26,28-31H2,(H,54,59)(H,55,62)(H2,52,53,61)/t43-,44+,46?/m1/s1. The minimum Gasteiger partial charge on any atom is -0.506 e. The molecule has 15 heteroatoms. The Hall–Kier alpha value is -7.20. The van der Waals surface area contributed by atoms with Gasteiger partial charge in [0.05, 0.1) is 29.8 Å². The highest BCUT2D eigenvalue weighted by Gasteiger charge is 2.37. The van der Waals surface area contributed by atoms with Crippen molar-refractivity contribution < 1.29 is 38.8 Å². The van der Waals surface area contributed by atoms with Crippen LogP contribution in [0.1, 0.15) is 63.2 Å². The Bertz CT molecular complexity index is 2630. The number of nitrogens with one attached hydrogen (secondary N) is 5. The Labute approximate surface area is 375 Å². The normalized spacial score (nSPS) is 17.4. The molecule has 5 aromatic carbocycles. The summed E-state index contributed by atoms with van der Waals surface area (Å²) in [5, 5.41) is 33.2. The number of esters is 1. The molecule has 0 spiro atoms. The van der Waals surface area contributed by atoms with Crippen molar-refractivity contribution in [1.82, 2.24) is 25.8 Å². The van der Waals surface area contributed by atoms with E-state index in [1.165, 1.54) is 12.1 Å². The lowest BCUT2D eigenvalue weighted by Crippen LogP contribution is -2.52. The van der Waals surface area contributed by atoms with E-state index in [2.05, 4.69) is 31.2 Å². The van der Waals surface area contributed by atoms with Crippen LogP contribution in [-0.2, 0) is 22.6 Å². The summed E-state index contributed by atoms with van der Waals surface area (Å²) in [6.07, 6.45) is 0.682. The molecule has 336 valence electrons. The number of nitrogens with zero attached hydrogens (tertiary/aromatic N) is 1. The fourth-order valence-corrected chi connectivity index (χ4v) is 8.31. The molecule has 3 aliphatic heterocycles. The van der Waals surface area contributed by atoms with E-state index in [0.717, 1.165) is 54.7 Å². The predicted octanol–water partition coefficient (Wildman–Crippen LogP) is 6.52. The number of piperidine rings is 3. The van der Waals surface area contributed by atoms with E-state index in [1.807, 2.05) is 66.7 Å². The summed E-state index contributed by atoms with van der Waals surface area (Å²) >= 11 is 0. The van der Waals surface area contributed by atoms with Gasteiger partial charge in [0.25, 0.3) is 0 Å². The third kappa shape index (κ3) is 11.7. The molecule has 3 saturated heterocycles. The molecular formula is C50H52N6O9. The summed E-state index contributed by atoms with van der Waals surface area (Å²) in [5.41, 5.74) is 4.95. The first-order valence-corrected chi connectivity index (χ1v) is 21.8. The molecule has 3 atom stereocenters. The number of urea groups is 1. The number of phenols is 1. The second-order valence-electron chi connectivity index (χ2n) is 16.3. The molecular weight excluding hydrogens is 829 g/mol. The molecule has 3 amide bonds. The van der Waals surface area contributed by atoms with Crippen molar-refractivity contribution in [3.05, 3.63) is 171 Å². The third-order valence-corrected chi connectivity index (χ3v) is 11.8. The molecule has 7 N–H and O–H groups in total. The Kier molecular flexibility index (Phi) is 14.3. The van der Waals surface area contributed by atoms with Gasteiger partial charge in [-0.05, 0) is 108 Å². The fraction of sp³-hybridized carbons (Fsp3) is 0.280. The Morgan fingerprint density at radius 2 is 1.58 bits per heavy atom. The van der Waals surface area contributed by atoms with E-state index >= 15 is 0 Å². The number of hydrogen-bond acceptors (Lipinski definition) is 11. The van der Waals surface area contributed by atoms with E-state index in [0.29, 0.717) is 40.4 Å². The quantitative estimate of drug-likeness (QED) is 0.0388. The first kappa shape index (κ1) is 44.4. The minimum absolute atomic E-state index is 0.0297. The molecule has 0 aliphatic carbocycles. The van der Waals surface area contributed by atoms with Crippen LogP contribution < -0.4 is 31.6 Å². The second-order valence-corrected chi connectivity index (χ2v) is 16.3. The number of rotatable bonds is 17. The maximum Gasteiger partial charge on any atom is 0.408 e. The van der Waals surface area contributed by atoms with Crippen LogP contribution in [0.4, 0.5) is 15.3 Å². The maximum atomic E-state index is 13.2. The summed E-state index contributed by atoms with van der Waals surface area (Å²) in [4.78, 5) is 55.1. The monoisotopic (exact) mass is 880 g/mol. The fourth-order valence-electron chi connectivity index (χ4n) is 8.31. The van der Waals surface area contributed by atoms with Gasteiger partial charge >= 0.3 is 18.1 Å². The van der Waals surface area contributed by atoms with E-state index in [-0.39, 0.29) is 49.2 Å². The number of fused-ring (bicyclic) bond motifs is 4. The molecule has 3 fully saturated rings. The van der Waals surface area contributed by atoms with Gasteiger partial charge in [0.15, 0.2) is 0 Å². The smallest absolute Gasteiger partial charge is 0.408 e. The molecule has 6 aromatic rings. The minimum atomic E-state index is -0.890. The SMILES string of the molecule is O=C(NCCOC(=O)c1ccc(COc2cccc(C(NC(=O)O[C@H]3CN4CCC3CC4)c3ccccc3)c2)cc1)Nc1ccc(CNC[C@@H](O)c2ccc(O)c3[nH]c(=O)ccc23)cc1. The molecule has 1 aromatic heterocycles. The molecule has 4 heterocycles. The van der Waals surface area contributed by atoms with Crippen molar-refractivity contribution in [2.45, 2.75) is 44.2 Å². The molecule has 9 rings (SSSR count). The van der Waals surface area contributed by atoms with Gasteiger partial charge in [-0.3, -0.25) is 9.69 Å². The number of aromatic amines is 1. The number of carbonyl (C=O) groups excluding carboxylic acids is 3. The van der Waals surface area contributed by atoms with Gasteiger partial charge in [0, 0.05) is 36.8 Å². The molecule has 0 radical (unpaired) electrons. The average molecular weight is 881 g/mol. The Morgan fingerprint density at radius 3 is 2.34 bits per heavy atom. The number of pyridine rings is 1. The first-order chi connectivity index (χ1) is 31.6. The number of phenolic OH excluding ortho intramolecular Hbond substituents is 1. The van der Waals surface area contributed by atoms with Gasteiger partial charge in [-0.2, -0.15) is 0 Å². The largest absolute Gasteiger partial charge is 0.506 e. The van der Waals surface area contributed by atoms with Gasteiger partial charge in [-0.25, -0.2) is 14.4 Å². The van der Waals surface area contributed by atoms with Gasteiger partial charge in [0.2, 0.25) is 5.56 Å². The molecule has 0 saturated carbocycles. The zero-order valence-corrected chi connectivity index (χ0v) is 35.7. The number of aromatic nitrogens is 1. The van der Waals surface area contributed by atoms with Crippen LogP contribution in [-0.4, -0.2) is 83.6 Å². The maximum absolute atomic E-state index is 13.2. The zero-order valence-electron chi connectivity index (χ0n) is 35.7. The molecule has 3 aliphatic rings. The lowest BCUT2D eigenvalue weighted by molar-refractivity contribution is -0.0336. The number of aliphatic hydroxyl groups is 1. The van der Waals surface area contributed by atoms with Gasteiger partial charge in [-0.1, -0.05) is 72.8 Å². The van der Waals surface area contributed by atoms with E-state index in [1.54, 1.807) is 48.5 Å². The van der Waals surface area contributed by atoms with Crippen molar-refractivity contribution in [2.75, 3.05) is 44.6 Å². The molecule has 65 heavy (non-hydrogen) atoms. The summed E-state index contributed by atoms with van der Waals surface area (Å²) in [6, 6.07) is 36.6. The van der Waals surface area contributed by atoms with Crippen molar-refractivity contribution >= 4 is 34.7 Å². The number of H-pyrrole nitrogens is 1. The van der Waals surface area contributed by atoms with Gasteiger partial charge in [-0.15, -0.1) is 0 Å². The number of amides is 3. The van der Waals surface area contributed by atoms with Crippen LogP contribution in [0.3, 0.4) is 0 Å². The van der Waals surface area contributed by atoms with Crippen LogP contribution >= 0.6 is 0 Å². The second kappa shape index (κ2) is 21.0. The van der Waals surface area contributed by atoms with Crippen LogP contribution in [0.5, 0.6) is 11.5 Å². The number of hydrogen-bond donors (Lipinski definition) is 7. The number of benzene rings is 5. The molecule has 2 bridgehead atoms. The Morgan fingerprint density at radius 1 is 0.831 bits per heavy atom. The molecule has 15 nitrogen and oxygen atoms in total. The summed E-state index contributed by atoms with van der Waals surface area (Å²) in [7, 11) is 0. The number of anilines is 1. The highest BCUT2D eigenvalue weighted by atomic mass is 16.6. The average Bonchev–Trinajstić information content (AvgIpc) is 3.33. The van der Waals surface area contributed by atoms with Crippen molar-refractivity contribution in [1.29, 1.82) is 0 Å². The summed E-state index contributed by atoms with van der Waals surface area (Å²) < 4.78 is 17.5. The van der Waals surface area contributed by atoms with Gasteiger partial charge in [0.1, 0.15) is 30.8 Å². The van der Waals surface area contributed by atoms with E-state index in [9.17, 15) is 29.4 Å². The highest BCUT2D eigenvalue weighted by Crippen LogP contribution is 2.32. The topological polar surface area (TPSA) is 204 Å². The van der Waals surface area contributed by atoms with Crippen molar-refractivity contribution in [3.63, 3.8) is 0 Å². The van der Waals surface area contributed by atoms with Crippen LogP contribution in [0.25, 0.3) is 10.9 Å². The number of aromatic hydroxyl groups is 1. The first-order valence-electron chi connectivity index (χ1n) is 21.8. The van der Waals surface area contributed by atoms with Crippen LogP contribution in [0.15, 0.2) is 132 Å². The number of alkyl carbamates (subject to hydrolysis) is 1. The van der Waals surface area contributed by atoms with Crippen LogP contribution in [0.2, 0.25) is 0 Å². The highest BCUT2D eigenvalue weighted by molar-refractivity contribution is 5.90. The third-order valence-electron chi connectivity index (χ3n) is 11.8.